The normalized spacial score (nSPS) is 15.1. The van der Waals surface area contributed by atoms with Gasteiger partial charge in [-0.1, -0.05) is 164 Å². The van der Waals surface area contributed by atoms with Crippen LogP contribution in [0.4, 0.5) is 0 Å². The number of para-hydroxylation sites is 1. The molecule has 10 aromatic rings. The molecule has 256 valence electrons. The van der Waals surface area contributed by atoms with Crippen molar-refractivity contribution in [1.82, 2.24) is 9.97 Å². The lowest BCUT2D eigenvalue weighted by molar-refractivity contribution is 0.436. The van der Waals surface area contributed by atoms with Gasteiger partial charge in [0, 0.05) is 32.3 Å². The third kappa shape index (κ3) is 4.31. The molecule has 12 rings (SSSR count). The number of benzene rings is 8. The Labute approximate surface area is 321 Å². The number of nitrogens with zero attached hydrogens (tertiary/aromatic N) is 2. The van der Waals surface area contributed by atoms with Crippen LogP contribution < -0.4 is 4.74 Å². The molecule has 0 saturated heterocycles. The van der Waals surface area contributed by atoms with Crippen molar-refractivity contribution < 1.29 is 4.74 Å². The predicted molar refractivity (Wildman–Crippen MR) is 226 cm³/mol. The molecule has 55 heavy (non-hydrogen) atoms. The van der Waals surface area contributed by atoms with E-state index in [4.69, 9.17) is 14.7 Å². The van der Waals surface area contributed by atoms with Crippen LogP contribution in [0, 0.1) is 0 Å². The third-order valence-corrected chi connectivity index (χ3v) is 12.7. The van der Waals surface area contributed by atoms with Gasteiger partial charge in [-0.3, -0.25) is 0 Å². The standard InChI is InChI=1S/C51H30N2OS/c1-2-12-31(13-3-1)32-22-24-34(25-23-32)50-52-47(49-48(53-50)38-17-7-11-21-45(38)55-49)35-27-28-41-44(30-35)54-43-20-10-9-19-40(43)51(41)39-18-8-6-16-37(39)46-36-15-5-4-14-33(36)26-29-42(46)51/h1-30H. The van der Waals surface area contributed by atoms with E-state index in [0.717, 1.165) is 60.6 Å². The first kappa shape index (κ1) is 30.6. The van der Waals surface area contributed by atoms with Crippen LogP contribution >= 0.6 is 11.3 Å². The fourth-order valence-electron chi connectivity index (χ4n) is 9.18. The molecule has 1 spiro atoms. The van der Waals surface area contributed by atoms with Gasteiger partial charge in [-0.25, -0.2) is 9.97 Å². The lowest BCUT2D eigenvalue weighted by Gasteiger charge is -2.39. The Morgan fingerprint density at radius 1 is 0.455 bits per heavy atom. The minimum atomic E-state index is -0.553. The summed E-state index contributed by atoms with van der Waals surface area (Å²) in [7, 11) is 0. The minimum absolute atomic E-state index is 0.553. The highest BCUT2D eigenvalue weighted by atomic mass is 32.1. The fourth-order valence-corrected chi connectivity index (χ4v) is 10.3. The minimum Gasteiger partial charge on any atom is -0.457 e. The van der Waals surface area contributed by atoms with Gasteiger partial charge in [-0.15, -0.1) is 11.3 Å². The lowest BCUT2D eigenvalue weighted by Crippen LogP contribution is -2.32. The molecule has 0 amide bonds. The molecule has 4 heteroatoms. The van der Waals surface area contributed by atoms with Gasteiger partial charge in [0.15, 0.2) is 5.82 Å². The molecule has 1 unspecified atom stereocenters. The fraction of sp³-hybridized carbons (Fsp3) is 0.0196. The average molecular weight is 719 g/mol. The van der Waals surface area contributed by atoms with Crippen molar-refractivity contribution in [3.8, 4) is 56.4 Å². The first-order chi connectivity index (χ1) is 27.3. The van der Waals surface area contributed by atoms with Gasteiger partial charge >= 0.3 is 0 Å². The largest absolute Gasteiger partial charge is 0.457 e. The van der Waals surface area contributed by atoms with Crippen LogP contribution in [0.25, 0.3) is 76.0 Å². The van der Waals surface area contributed by atoms with E-state index in [1.807, 2.05) is 6.07 Å². The number of rotatable bonds is 3. The van der Waals surface area contributed by atoms with Gasteiger partial charge in [0.05, 0.1) is 21.3 Å². The van der Waals surface area contributed by atoms with Crippen LogP contribution in [0.15, 0.2) is 182 Å². The summed E-state index contributed by atoms with van der Waals surface area (Å²) < 4.78 is 9.21. The number of thiophene rings is 1. The van der Waals surface area contributed by atoms with Crippen molar-refractivity contribution in [2.45, 2.75) is 5.41 Å². The van der Waals surface area contributed by atoms with Crippen molar-refractivity contribution in [1.29, 1.82) is 0 Å². The molecule has 0 fully saturated rings. The van der Waals surface area contributed by atoms with Crippen LogP contribution in [0.5, 0.6) is 11.5 Å². The molecule has 0 bridgehead atoms. The monoisotopic (exact) mass is 718 g/mol. The summed E-state index contributed by atoms with van der Waals surface area (Å²) in [6, 6.07) is 65.2. The van der Waals surface area contributed by atoms with Crippen molar-refractivity contribution in [3.63, 3.8) is 0 Å². The maximum Gasteiger partial charge on any atom is 0.160 e. The van der Waals surface area contributed by atoms with Crippen LogP contribution in [0.1, 0.15) is 22.3 Å². The summed E-state index contributed by atoms with van der Waals surface area (Å²) in [5.74, 6) is 2.42. The maximum absolute atomic E-state index is 6.94. The molecule has 0 N–H and O–H groups in total. The topological polar surface area (TPSA) is 35.0 Å². The second-order valence-corrected chi connectivity index (χ2v) is 15.5. The highest BCUT2D eigenvalue weighted by Crippen LogP contribution is 2.63. The van der Waals surface area contributed by atoms with Crippen molar-refractivity contribution in [2.75, 3.05) is 0 Å². The van der Waals surface area contributed by atoms with Crippen LogP contribution in [0.3, 0.4) is 0 Å². The van der Waals surface area contributed by atoms with Crippen LogP contribution in [-0.4, -0.2) is 9.97 Å². The van der Waals surface area contributed by atoms with E-state index in [1.165, 1.54) is 43.3 Å². The maximum atomic E-state index is 6.94. The number of aromatic nitrogens is 2. The van der Waals surface area contributed by atoms with Crippen molar-refractivity contribution in [2.24, 2.45) is 0 Å². The van der Waals surface area contributed by atoms with Gasteiger partial charge in [-0.2, -0.15) is 0 Å². The van der Waals surface area contributed by atoms with Crippen molar-refractivity contribution >= 4 is 42.4 Å². The summed E-state index contributed by atoms with van der Waals surface area (Å²) in [6.45, 7) is 0. The molecule has 1 atom stereocenters. The Balaban J connectivity index is 1.09. The lowest BCUT2D eigenvalue weighted by atomic mass is 9.66. The molecule has 3 heterocycles. The molecule has 0 radical (unpaired) electrons. The molecule has 8 aromatic carbocycles. The smallest absolute Gasteiger partial charge is 0.160 e. The van der Waals surface area contributed by atoms with E-state index in [2.05, 4.69) is 176 Å². The van der Waals surface area contributed by atoms with Crippen molar-refractivity contribution in [3.05, 3.63) is 204 Å². The number of hydrogen-bond donors (Lipinski definition) is 0. The van der Waals surface area contributed by atoms with E-state index in [9.17, 15) is 0 Å². The van der Waals surface area contributed by atoms with Crippen LogP contribution in [0.2, 0.25) is 0 Å². The van der Waals surface area contributed by atoms with Gasteiger partial charge in [0.1, 0.15) is 11.5 Å². The number of ether oxygens (including phenoxy) is 1. The second kappa shape index (κ2) is 11.6. The van der Waals surface area contributed by atoms with Gasteiger partial charge in [0.2, 0.25) is 0 Å². The molecular weight excluding hydrogens is 689 g/mol. The molecule has 1 aliphatic heterocycles. The van der Waals surface area contributed by atoms with E-state index in [-0.39, 0.29) is 0 Å². The first-order valence-electron chi connectivity index (χ1n) is 18.7. The zero-order valence-corrected chi connectivity index (χ0v) is 30.3. The Morgan fingerprint density at radius 2 is 1.11 bits per heavy atom. The van der Waals surface area contributed by atoms with E-state index < -0.39 is 5.41 Å². The zero-order chi connectivity index (χ0) is 36.1. The molecular formula is C51H30N2OS. The van der Waals surface area contributed by atoms with Gasteiger partial charge in [-0.05, 0) is 62.4 Å². The summed E-state index contributed by atoms with van der Waals surface area (Å²) in [6.07, 6.45) is 0. The Morgan fingerprint density at radius 3 is 2.00 bits per heavy atom. The Kier molecular flexibility index (Phi) is 6.42. The van der Waals surface area contributed by atoms with E-state index >= 15 is 0 Å². The summed E-state index contributed by atoms with van der Waals surface area (Å²) in [5.41, 5.74) is 13.1. The third-order valence-electron chi connectivity index (χ3n) is 11.6. The molecule has 2 aromatic heterocycles. The highest BCUT2D eigenvalue weighted by molar-refractivity contribution is 7.26. The number of fused-ring (bicyclic) bond motifs is 14. The van der Waals surface area contributed by atoms with Gasteiger partial charge < -0.3 is 4.74 Å². The molecule has 3 nitrogen and oxygen atoms in total. The summed E-state index contributed by atoms with van der Waals surface area (Å²) in [5, 5.41) is 3.65. The van der Waals surface area contributed by atoms with E-state index in [1.54, 1.807) is 11.3 Å². The molecule has 2 aliphatic rings. The number of hydrogen-bond acceptors (Lipinski definition) is 4. The average Bonchev–Trinajstić information content (AvgIpc) is 3.78. The molecule has 1 aliphatic carbocycles. The first-order valence-corrected chi connectivity index (χ1v) is 19.5. The summed E-state index contributed by atoms with van der Waals surface area (Å²) in [4.78, 5) is 10.6. The van der Waals surface area contributed by atoms with Gasteiger partial charge in [0.25, 0.3) is 0 Å². The van der Waals surface area contributed by atoms with Crippen LogP contribution in [-0.2, 0) is 5.41 Å². The second-order valence-electron chi connectivity index (χ2n) is 14.4. The predicted octanol–water partition coefficient (Wildman–Crippen LogP) is 13.5. The Hall–Kier alpha value is -6.88. The zero-order valence-electron chi connectivity index (χ0n) is 29.5. The quantitative estimate of drug-likeness (QED) is 0.182. The Bertz CT molecular complexity index is 3180. The molecule has 0 saturated carbocycles. The highest BCUT2D eigenvalue weighted by Gasteiger charge is 2.51. The SMILES string of the molecule is c1ccc(-c2ccc(-c3nc(-c4ccc5c(c4)Oc4ccccc4C54c5ccccc5-c5c4ccc4ccccc54)c4sc5ccccc5c4n3)cc2)cc1. The summed E-state index contributed by atoms with van der Waals surface area (Å²) >= 11 is 1.75. The van der Waals surface area contributed by atoms with E-state index in [0.29, 0.717) is 5.82 Å².